The molecular weight excluding hydrogens is 376 g/mol. The van der Waals surface area contributed by atoms with Crippen molar-refractivity contribution >= 4 is 30.7 Å². The number of benzene rings is 1. The highest BCUT2D eigenvalue weighted by molar-refractivity contribution is 5.85. The van der Waals surface area contributed by atoms with Gasteiger partial charge < -0.3 is 10.2 Å². The monoisotopic (exact) mass is 405 g/mol. The van der Waals surface area contributed by atoms with Gasteiger partial charge in [0.2, 0.25) is 5.91 Å². The van der Waals surface area contributed by atoms with E-state index in [1.807, 2.05) is 18.0 Å². The normalized spacial score (nSPS) is 21.4. The number of nitrogens with one attached hydrogen (secondary N) is 1. The number of amides is 1. The zero-order chi connectivity index (χ0) is 16.9. The first-order valence-corrected chi connectivity index (χ1v) is 9.07. The third kappa shape index (κ3) is 6.08. The maximum absolute atomic E-state index is 13.4. The first-order valence-electron chi connectivity index (χ1n) is 9.07. The van der Waals surface area contributed by atoms with Gasteiger partial charge in [0.1, 0.15) is 5.82 Å². The lowest BCUT2D eigenvalue weighted by Gasteiger charge is -2.37. The van der Waals surface area contributed by atoms with Gasteiger partial charge in [0.25, 0.3) is 0 Å². The molecule has 0 aliphatic carbocycles. The van der Waals surface area contributed by atoms with Gasteiger partial charge in [-0.05, 0) is 63.0 Å². The average Bonchev–Trinajstić information content (AvgIpc) is 2.61. The summed E-state index contributed by atoms with van der Waals surface area (Å²) in [4.78, 5) is 17.1. The Hall–Kier alpha value is -0.880. The van der Waals surface area contributed by atoms with E-state index in [0.717, 1.165) is 64.0 Å². The highest BCUT2D eigenvalue weighted by Gasteiger charge is 2.31. The van der Waals surface area contributed by atoms with Crippen LogP contribution >= 0.6 is 24.8 Å². The molecule has 0 aromatic heterocycles. The first-order chi connectivity index (χ1) is 11.6. The molecule has 0 saturated carbocycles. The largest absolute Gasteiger partial charge is 0.342 e. The van der Waals surface area contributed by atoms with Gasteiger partial charge in [-0.2, -0.15) is 0 Å². The first kappa shape index (κ1) is 23.2. The fraction of sp³-hybridized carbons (Fsp3) is 0.632. The molecule has 1 amide bonds. The molecule has 4 nitrogen and oxygen atoms in total. The summed E-state index contributed by atoms with van der Waals surface area (Å²) in [6, 6.07) is 7.14. The molecule has 1 N–H and O–H groups in total. The van der Waals surface area contributed by atoms with E-state index < -0.39 is 0 Å². The second kappa shape index (κ2) is 11.1. The van der Waals surface area contributed by atoms with Gasteiger partial charge in [-0.15, -0.1) is 24.8 Å². The second-order valence-electron chi connectivity index (χ2n) is 7.13. The molecule has 3 rings (SSSR count). The Morgan fingerprint density at radius 3 is 2.69 bits per heavy atom. The molecule has 2 fully saturated rings. The van der Waals surface area contributed by atoms with Crippen molar-refractivity contribution in [2.75, 3.05) is 33.2 Å². The van der Waals surface area contributed by atoms with Gasteiger partial charge in [0, 0.05) is 26.2 Å². The van der Waals surface area contributed by atoms with Crippen molar-refractivity contribution in [2.45, 2.75) is 38.3 Å². The summed E-state index contributed by atoms with van der Waals surface area (Å²) in [5.41, 5.74) is 0.981. The number of hydrogen-bond acceptors (Lipinski definition) is 3. The van der Waals surface area contributed by atoms with Crippen LogP contribution in [0, 0.1) is 11.7 Å². The Labute approximate surface area is 168 Å². The molecule has 2 saturated heterocycles. The third-order valence-electron chi connectivity index (χ3n) is 5.35. The SMILES string of the molecule is CN(C(=O)C1CCCN(Cc2cccc(F)c2)C1)C1CCNCC1.Cl.Cl. The summed E-state index contributed by atoms with van der Waals surface area (Å²) >= 11 is 0. The van der Waals surface area contributed by atoms with Crippen LogP contribution in [-0.2, 0) is 11.3 Å². The van der Waals surface area contributed by atoms with E-state index in [4.69, 9.17) is 0 Å². The number of piperidine rings is 2. The molecule has 1 aromatic rings. The van der Waals surface area contributed by atoms with E-state index in [-0.39, 0.29) is 42.5 Å². The van der Waals surface area contributed by atoms with Crippen LogP contribution in [0.15, 0.2) is 24.3 Å². The summed E-state index contributed by atoms with van der Waals surface area (Å²) in [5, 5.41) is 3.35. The van der Waals surface area contributed by atoms with Crippen LogP contribution in [0.3, 0.4) is 0 Å². The van der Waals surface area contributed by atoms with Crippen LogP contribution in [0.2, 0.25) is 0 Å². The minimum Gasteiger partial charge on any atom is -0.342 e. The van der Waals surface area contributed by atoms with Gasteiger partial charge in [0.15, 0.2) is 0 Å². The van der Waals surface area contributed by atoms with Crippen molar-refractivity contribution in [1.29, 1.82) is 0 Å². The lowest BCUT2D eigenvalue weighted by molar-refractivity contribution is -0.138. The minimum absolute atomic E-state index is 0. The van der Waals surface area contributed by atoms with Crippen molar-refractivity contribution in [3.8, 4) is 0 Å². The number of halogens is 3. The summed E-state index contributed by atoms with van der Waals surface area (Å²) < 4.78 is 13.4. The molecule has 148 valence electrons. The quantitative estimate of drug-likeness (QED) is 0.835. The van der Waals surface area contributed by atoms with Crippen molar-refractivity contribution in [1.82, 2.24) is 15.1 Å². The van der Waals surface area contributed by atoms with Gasteiger partial charge in [-0.1, -0.05) is 12.1 Å². The van der Waals surface area contributed by atoms with E-state index in [9.17, 15) is 9.18 Å². The molecule has 1 aromatic carbocycles. The maximum atomic E-state index is 13.4. The number of carbonyl (C=O) groups excluding carboxylic acids is 1. The van der Waals surface area contributed by atoms with Crippen LogP contribution < -0.4 is 5.32 Å². The Kier molecular flexibility index (Phi) is 9.86. The smallest absolute Gasteiger partial charge is 0.226 e. The van der Waals surface area contributed by atoms with Crippen molar-refractivity contribution in [3.63, 3.8) is 0 Å². The fourth-order valence-corrected chi connectivity index (χ4v) is 3.96. The van der Waals surface area contributed by atoms with Crippen molar-refractivity contribution < 1.29 is 9.18 Å². The minimum atomic E-state index is -0.192. The summed E-state index contributed by atoms with van der Waals surface area (Å²) in [6.07, 6.45) is 4.09. The highest BCUT2D eigenvalue weighted by Crippen LogP contribution is 2.22. The standard InChI is InChI=1S/C19H28FN3O.2ClH/c1-22(18-7-9-21-10-8-18)19(24)16-5-3-11-23(14-16)13-15-4-2-6-17(20)12-15;;/h2,4,6,12,16,18,21H,3,5,7-11,13-14H2,1H3;2*1H. The zero-order valence-electron chi connectivity index (χ0n) is 15.3. The Morgan fingerprint density at radius 1 is 1.27 bits per heavy atom. The molecular formula is C19H30Cl2FN3O. The van der Waals surface area contributed by atoms with Crippen molar-refractivity contribution in [3.05, 3.63) is 35.6 Å². The van der Waals surface area contributed by atoms with Crippen LogP contribution in [-0.4, -0.2) is 55.0 Å². The lowest BCUT2D eigenvalue weighted by atomic mass is 9.94. The Bertz CT molecular complexity index is 569. The average molecular weight is 406 g/mol. The second-order valence-corrected chi connectivity index (χ2v) is 7.13. The molecule has 0 spiro atoms. The number of nitrogens with zero attached hydrogens (tertiary/aromatic N) is 2. The van der Waals surface area contributed by atoms with Gasteiger partial charge in [-0.3, -0.25) is 9.69 Å². The van der Waals surface area contributed by atoms with E-state index in [1.165, 1.54) is 6.07 Å². The van der Waals surface area contributed by atoms with E-state index >= 15 is 0 Å². The van der Waals surface area contributed by atoms with Crippen LogP contribution in [0.25, 0.3) is 0 Å². The summed E-state index contributed by atoms with van der Waals surface area (Å²) in [7, 11) is 1.96. The Morgan fingerprint density at radius 2 is 2.00 bits per heavy atom. The Balaban J connectivity index is 0.00000169. The third-order valence-corrected chi connectivity index (χ3v) is 5.35. The molecule has 26 heavy (non-hydrogen) atoms. The molecule has 2 heterocycles. The lowest BCUT2D eigenvalue weighted by Crippen LogP contribution is -2.49. The van der Waals surface area contributed by atoms with Gasteiger partial charge >= 0.3 is 0 Å². The molecule has 7 heteroatoms. The predicted molar refractivity (Wildman–Crippen MR) is 108 cm³/mol. The zero-order valence-corrected chi connectivity index (χ0v) is 17.0. The van der Waals surface area contributed by atoms with Crippen LogP contribution in [0.1, 0.15) is 31.2 Å². The number of rotatable bonds is 4. The van der Waals surface area contributed by atoms with E-state index in [0.29, 0.717) is 6.04 Å². The number of hydrogen-bond donors (Lipinski definition) is 1. The van der Waals surface area contributed by atoms with Gasteiger partial charge in [-0.25, -0.2) is 4.39 Å². The topological polar surface area (TPSA) is 35.6 Å². The van der Waals surface area contributed by atoms with Crippen molar-refractivity contribution in [2.24, 2.45) is 5.92 Å². The summed E-state index contributed by atoms with van der Waals surface area (Å²) in [6.45, 7) is 4.48. The molecule has 0 radical (unpaired) electrons. The predicted octanol–water partition coefficient (Wildman–Crippen LogP) is 3.09. The van der Waals surface area contributed by atoms with Crippen LogP contribution in [0.4, 0.5) is 4.39 Å². The summed E-state index contributed by atoms with van der Waals surface area (Å²) in [5.74, 6) is 0.167. The van der Waals surface area contributed by atoms with Gasteiger partial charge in [0.05, 0.1) is 5.92 Å². The maximum Gasteiger partial charge on any atom is 0.226 e. The number of carbonyl (C=O) groups is 1. The molecule has 0 bridgehead atoms. The van der Waals surface area contributed by atoms with Crippen LogP contribution in [0.5, 0.6) is 0 Å². The van der Waals surface area contributed by atoms with E-state index in [2.05, 4.69) is 10.2 Å². The fourth-order valence-electron chi connectivity index (χ4n) is 3.96. The number of likely N-dealkylation sites (tertiary alicyclic amines) is 1. The molecule has 2 aliphatic rings. The van der Waals surface area contributed by atoms with E-state index in [1.54, 1.807) is 12.1 Å². The molecule has 1 unspecified atom stereocenters. The molecule has 2 aliphatic heterocycles. The molecule has 1 atom stereocenters. The highest BCUT2D eigenvalue weighted by atomic mass is 35.5.